The molecule has 20 heavy (non-hydrogen) atoms. The van der Waals surface area contributed by atoms with Crippen molar-refractivity contribution in [2.75, 3.05) is 0 Å². The lowest BCUT2D eigenvalue weighted by Gasteiger charge is -2.20. The van der Waals surface area contributed by atoms with Crippen molar-refractivity contribution in [3.05, 3.63) is 0 Å². The SMILES string of the molecule is CC(C)NC(=O)C(=O)NNC(=O)C[C@@H]1C[C@H]2CC[C@@H]1C2. The van der Waals surface area contributed by atoms with Crippen LogP contribution >= 0.6 is 0 Å². The van der Waals surface area contributed by atoms with Crippen LogP contribution in [0.4, 0.5) is 0 Å². The molecule has 6 nitrogen and oxygen atoms in total. The molecule has 6 heteroatoms. The van der Waals surface area contributed by atoms with Gasteiger partial charge in [0.25, 0.3) is 0 Å². The Balaban J connectivity index is 1.67. The van der Waals surface area contributed by atoms with Gasteiger partial charge in [0, 0.05) is 12.5 Å². The summed E-state index contributed by atoms with van der Waals surface area (Å²) < 4.78 is 0. The molecule has 3 atom stereocenters. The first-order chi connectivity index (χ1) is 9.45. The van der Waals surface area contributed by atoms with E-state index in [0.29, 0.717) is 18.3 Å². The number of hydrogen-bond donors (Lipinski definition) is 3. The molecule has 2 rings (SSSR count). The maximum absolute atomic E-state index is 11.8. The summed E-state index contributed by atoms with van der Waals surface area (Å²) in [6.45, 7) is 3.53. The monoisotopic (exact) mass is 281 g/mol. The normalized spacial score (nSPS) is 27.4. The van der Waals surface area contributed by atoms with E-state index in [4.69, 9.17) is 0 Å². The van der Waals surface area contributed by atoms with Crippen LogP contribution in [0.15, 0.2) is 0 Å². The topological polar surface area (TPSA) is 87.3 Å². The molecule has 3 amide bonds. The molecule has 2 saturated carbocycles. The Morgan fingerprint density at radius 2 is 1.80 bits per heavy atom. The van der Waals surface area contributed by atoms with Gasteiger partial charge in [-0.15, -0.1) is 0 Å². The summed E-state index contributed by atoms with van der Waals surface area (Å²) in [6, 6.07) is -0.113. The average Bonchev–Trinajstić information content (AvgIpc) is 2.97. The fourth-order valence-electron chi connectivity index (χ4n) is 3.43. The minimum absolute atomic E-state index is 0.113. The second-order valence-corrected chi connectivity index (χ2v) is 6.27. The van der Waals surface area contributed by atoms with Gasteiger partial charge in [-0.25, -0.2) is 0 Å². The summed E-state index contributed by atoms with van der Waals surface area (Å²) in [5, 5.41) is 2.46. The van der Waals surface area contributed by atoms with Crippen molar-refractivity contribution < 1.29 is 14.4 Å². The zero-order chi connectivity index (χ0) is 14.7. The van der Waals surface area contributed by atoms with Gasteiger partial charge in [-0.2, -0.15) is 0 Å². The van der Waals surface area contributed by atoms with Gasteiger partial charge < -0.3 is 5.32 Å². The Kier molecular flexibility index (Phi) is 4.62. The van der Waals surface area contributed by atoms with Crippen LogP contribution in [0.1, 0.15) is 46.0 Å². The van der Waals surface area contributed by atoms with Crippen molar-refractivity contribution >= 4 is 17.7 Å². The molecule has 3 N–H and O–H groups in total. The molecule has 0 spiro atoms. The van der Waals surface area contributed by atoms with Crippen LogP contribution in [0.5, 0.6) is 0 Å². The first-order valence-corrected chi connectivity index (χ1v) is 7.35. The molecule has 0 aromatic heterocycles. The lowest BCUT2D eigenvalue weighted by Crippen LogP contribution is -2.50. The Morgan fingerprint density at radius 1 is 1.05 bits per heavy atom. The first kappa shape index (κ1) is 14.8. The average molecular weight is 281 g/mol. The predicted octanol–water partition coefficient (Wildman–Crippen LogP) is 0.485. The van der Waals surface area contributed by atoms with Crippen LogP contribution < -0.4 is 16.2 Å². The van der Waals surface area contributed by atoms with Crippen molar-refractivity contribution in [3.8, 4) is 0 Å². The number of hydrogen-bond acceptors (Lipinski definition) is 3. The quantitative estimate of drug-likeness (QED) is 0.519. The molecular formula is C14H23N3O3. The standard InChI is InChI=1S/C14H23N3O3/c1-8(2)15-13(19)14(20)17-16-12(18)7-11-6-9-3-4-10(11)5-9/h8-11H,3-7H2,1-2H3,(H,15,19)(H,16,18)(H,17,20)/t9-,10+,11-/m0/s1. The van der Waals surface area contributed by atoms with E-state index in [1.54, 1.807) is 13.8 Å². The van der Waals surface area contributed by atoms with E-state index >= 15 is 0 Å². The number of rotatable bonds is 3. The number of carbonyl (C=O) groups excluding carboxylic acids is 3. The Hall–Kier alpha value is -1.59. The Morgan fingerprint density at radius 3 is 2.35 bits per heavy atom. The third kappa shape index (κ3) is 3.71. The highest BCUT2D eigenvalue weighted by Crippen LogP contribution is 2.49. The molecule has 2 aliphatic rings. The van der Waals surface area contributed by atoms with E-state index in [0.717, 1.165) is 12.3 Å². The molecule has 2 bridgehead atoms. The zero-order valence-electron chi connectivity index (χ0n) is 12.1. The van der Waals surface area contributed by atoms with E-state index in [1.165, 1.54) is 19.3 Å². The molecule has 2 fully saturated rings. The highest BCUT2D eigenvalue weighted by atomic mass is 16.2. The number of nitrogens with one attached hydrogen (secondary N) is 3. The van der Waals surface area contributed by atoms with Crippen molar-refractivity contribution in [2.24, 2.45) is 17.8 Å². The summed E-state index contributed by atoms with van der Waals surface area (Å²) in [4.78, 5) is 34.5. The van der Waals surface area contributed by atoms with E-state index < -0.39 is 11.8 Å². The van der Waals surface area contributed by atoms with Crippen LogP contribution in [0.2, 0.25) is 0 Å². The molecule has 0 radical (unpaired) electrons. The lowest BCUT2D eigenvalue weighted by atomic mass is 9.86. The van der Waals surface area contributed by atoms with Crippen molar-refractivity contribution in [1.82, 2.24) is 16.2 Å². The summed E-state index contributed by atoms with van der Waals surface area (Å²) in [6.07, 6.45) is 5.34. The highest BCUT2D eigenvalue weighted by Gasteiger charge is 2.40. The van der Waals surface area contributed by atoms with Crippen LogP contribution in [-0.4, -0.2) is 23.8 Å². The second-order valence-electron chi connectivity index (χ2n) is 6.27. The van der Waals surface area contributed by atoms with E-state index in [9.17, 15) is 14.4 Å². The second kappa shape index (κ2) is 6.24. The summed E-state index contributed by atoms with van der Waals surface area (Å²) in [7, 11) is 0. The Bertz CT molecular complexity index is 408. The molecule has 0 heterocycles. The number of fused-ring (bicyclic) bond motifs is 2. The van der Waals surface area contributed by atoms with Gasteiger partial charge >= 0.3 is 11.8 Å². The molecule has 0 aliphatic heterocycles. The minimum Gasteiger partial charge on any atom is -0.346 e. The van der Waals surface area contributed by atoms with Gasteiger partial charge in [-0.1, -0.05) is 6.42 Å². The van der Waals surface area contributed by atoms with E-state index in [2.05, 4.69) is 16.2 Å². The molecule has 0 aromatic carbocycles. The largest absolute Gasteiger partial charge is 0.346 e. The summed E-state index contributed by atoms with van der Waals surface area (Å²) in [5.74, 6) is 0.124. The van der Waals surface area contributed by atoms with Gasteiger partial charge in [-0.05, 0) is 50.9 Å². The van der Waals surface area contributed by atoms with Gasteiger partial charge in [0.2, 0.25) is 5.91 Å². The fraction of sp³-hybridized carbons (Fsp3) is 0.786. The molecule has 2 aliphatic carbocycles. The smallest absolute Gasteiger partial charge is 0.327 e. The van der Waals surface area contributed by atoms with Gasteiger partial charge in [0.05, 0.1) is 0 Å². The lowest BCUT2D eigenvalue weighted by molar-refractivity contribution is -0.141. The van der Waals surface area contributed by atoms with Gasteiger partial charge in [-0.3, -0.25) is 25.2 Å². The van der Waals surface area contributed by atoms with Crippen LogP contribution in [0, 0.1) is 17.8 Å². The Labute approximate surface area is 119 Å². The van der Waals surface area contributed by atoms with E-state index in [-0.39, 0.29) is 11.9 Å². The molecule has 0 unspecified atom stereocenters. The molecule has 112 valence electrons. The van der Waals surface area contributed by atoms with E-state index in [1.807, 2.05) is 0 Å². The molecular weight excluding hydrogens is 258 g/mol. The van der Waals surface area contributed by atoms with Crippen LogP contribution in [0.3, 0.4) is 0 Å². The molecule has 0 aromatic rings. The van der Waals surface area contributed by atoms with Gasteiger partial charge in [0.15, 0.2) is 0 Å². The first-order valence-electron chi connectivity index (χ1n) is 7.35. The minimum atomic E-state index is -0.833. The molecule has 0 saturated heterocycles. The highest BCUT2D eigenvalue weighted by molar-refractivity contribution is 6.35. The summed E-state index contributed by atoms with van der Waals surface area (Å²) in [5.41, 5.74) is 4.48. The predicted molar refractivity (Wildman–Crippen MR) is 73.1 cm³/mol. The number of carbonyl (C=O) groups is 3. The summed E-state index contributed by atoms with van der Waals surface area (Å²) >= 11 is 0. The van der Waals surface area contributed by atoms with Crippen LogP contribution in [0.25, 0.3) is 0 Å². The number of amides is 3. The maximum Gasteiger partial charge on any atom is 0.327 e. The van der Waals surface area contributed by atoms with Gasteiger partial charge in [0.1, 0.15) is 0 Å². The van der Waals surface area contributed by atoms with Crippen molar-refractivity contribution in [3.63, 3.8) is 0 Å². The van der Waals surface area contributed by atoms with Crippen molar-refractivity contribution in [2.45, 2.75) is 52.0 Å². The van der Waals surface area contributed by atoms with Crippen molar-refractivity contribution in [1.29, 1.82) is 0 Å². The third-order valence-corrected chi connectivity index (χ3v) is 4.27. The van der Waals surface area contributed by atoms with Crippen LogP contribution in [-0.2, 0) is 14.4 Å². The number of hydrazine groups is 1. The fourth-order valence-corrected chi connectivity index (χ4v) is 3.43. The zero-order valence-corrected chi connectivity index (χ0v) is 12.1. The third-order valence-electron chi connectivity index (χ3n) is 4.27. The maximum atomic E-state index is 11.8.